The molecule has 59 heavy (non-hydrogen) atoms. The molecule has 1 aliphatic rings. The number of allylic oxidation sites excluding steroid dienone is 2. The highest BCUT2D eigenvalue weighted by molar-refractivity contribution is 7.85. The van der Waals surface area contributed by atoms with Crippen molar-refractivity contribution in [3.8, 4) is 17.2 Å². The van der Waals surface area contributed by atoms with Gasteiger partial charge in [0.2, 0.25) is 11.5 Å². The molecule has 11 nitrogen and oxygen atoms in total. The highest BCUT2D eigenvalue weighted by atomic mass is 32.2. The molecule has 0 radical (unpaired) electrons. The normalized spacial score (nSPS) is 14.0. The van der Waals surface area contributed by atoms with Gasteiger partial charge in [-0.2, -0.15) is 4.57 Å². The first kappa shape index (κ1) is 36.3. The van der Waals surface area contributed by atoms with Gasteiger partial charge in [0.05, 0.1) is 23.2 Å². The molecule has 0 N–H and O–H groups in total. The van der Waals surface area contributed by atoms with Crippen LogP contribution in [0.2, 0.25) is 0 Å². The molecule has 4 heterocycles. The number of benzene rings is 6. The van der Waals surface area contributed by atoms with Crippen molar-refractivity contribution in [2.75, 3.05) is 24.7 Å². The molecular formula is C47H36N2O9S. The number of hydrogen-bond donors (Lipinski definition) is 0. The van der Waals surface area contributed by atoms with E-state index in [0.29, 0.717) is 60.6 Å². The summed E-state index contributed by atoms with van der Waals surface area (Å²) in [4.78, 5) is 1.74. The third kappa shape index (κ3) is 6.92. The van der Waals surface area contributed by atoms with Crippen molar-refractivity contribution in [2.24, 2.45) is 0 Å². The SMILES string of the molecule is CCC(=Cc1oc2cc3oc4ccccc4c3cc2[n+]1CCOc1ccccc1)C=C1Oc2cc3oc4ccccc4c3cc2N1CCOc1ccc(S(=O)(=O)[O-])cc1. The largest absolute Gasteiger partial charge is 0.744 e. The van der Waals surface area contributed by atoms with Crippen LogP contribution in [0.25, 0.3) is 61.1 Å². The summed E-state index contributed by atoms with van der Waals surface area (Å²) in [6.45, 7) is 3.61. The second-order valence-electron chi connectivity index (χ2n) is 14.2. The van der Waals surface area contributed by atoms with Crippen LogP contribution >= 0.6 is 0 Å². The molecule has 0 unspecified atom stereocenters. The Morgan fingerprint density at radius 1 is 0.695 bits per heavy atom. The number of ether oxygens (including phenoxy) is 3. The maximum atomic E-state index is 11.5. The highest BCUT2D eigenvalue weighted by Gasteiger charge is 2.30. The lowest BCUT2D eigenvalue weighted by molar-refractivity contribution is -0.678. The Morgan fingerprint density at radius 2 is 1.34 bits per heavy atom. The van der Waals surface area contributed by atoms with E-state index in [9.17, 15) is 13.0 Å². The molecule has 0 aliphatic carbocycles. The van der Waals surface area contributed by atoms with Crippen LogP contribution in [0.3, 0.4) is 0 Å². The van der Waals surface area contributed by atoms with Crippen molar-refractivity contribution in [3.05, 3.63) is 151 Å². The molecule has 0 bridgehead atoms. The van der Waals surface area contributed by atoms with Gasteiger partial charge in [0.15, 0.2) is 12.3 Å². The van der Waals surface area contributed by atoms with Gasteiger partial charge in [-0.25, -0.2) is 8.42 Å². The summed E-state index contributed by atoms with van der Waals surface area (Å²) in [6, 6.07) is 39.1. The summed E-state index contributed by atoms with van der Waals surface area (Å²) in [5, 5.41) is 3.98. The van der Waals surface area contributed by atoms with Gasteiger partial charge in [0.1, 0.15) is 57.2 Å². The molecule has 12 heteroatoms. The van der Waals surface area contributed by atoms with E-state index in [0.717, 1.165) is 60.8 Å². The van der Waals surface area contributed by atoms with Crippen LogP contribution in [0.15, 0.2) is 163 Å². The summed E-state index contributed by atoms with van der Waals surface area (Å²) in [6.07, 6.45) is 4.69. The zero-order chi connectivity index (χ0) is 40.1. The Morgan fingerprint density at radius 3 is 2.05 bits per heavy atom. The lowest BCUT2D eigenvalue weighted by Crippen LogP contribution is -2.38. The van der Waals surface area contributed by atoms with Crippen LogP contribution in [0.4, 0.5) is 5.69 Å². The summed E-state index contributed by atoms with van der Waals surface area (Å²) < 4.78 is 74.3. The lowest BCUT2D eigenvalue weighted by atomic mass is 10.1. The first-order valence-corrected chi connectivity index (χ1v) is 20.7. The Labute approximate surface area is 338 Å². The highest BCUT2D eigenvalue weighted by Crippen LogP contribution is 2.44. The van der Waals surface area contributed by atoms with Crippen LogP contribution in [0.5, 0.6) is 17.2 Å². The topological polar surface area (TPSA) is 131 Å². The average Bonchev–Trinajstić information content (AvgIpc) is 3.98. The van der Waals surface area contributed by atoms with Crippen molar-refractivity contribution < 1.29 is 45.0 Å². The van der Waals surface area contributed by atoms with Gasteiger partial charge in [0.25, 0.3) is 5.52 Å². The Balaban J connectivity index is 1.02. The van der Waals surface area contributed by atoms with Crippen molar-refractivity contribution >= 4 is 76.9 Å². The van der Waals surface area contributed by atoms with Gasteiger partial charge >= 0.3 is 5.89 Å². The first-order valence-electron chi connectivity index (χ1n) is 19.3. The first-order chi connectivity index (χ1) is 28.8. The van der Waals surface area contributed by atoms with E-state index in [1.807, 2.05) is 97.1 Å². The van der Waals surface area contributed by atoms with Gasteiger partial charge in [-0.3, -0.25) is 0 Å². The van der Waals surface area contributed by atoms with Gasteiger partial charge in [-0.1, -0.05) is 61.5 Å². The number of nitrogens with zero attached hydrogens (tertiary/aromatic N) is 2. The summed E-state index contributed by atoms with van der Waals surface area (Å²) in [5.74, 6) is 3.07. The molecule has 0 saturated carbocycles. The third-order valence-corrected chi connectivity index (χ3v) is 11.4. The predicted molar refractivity (Wildman–Crippen MR) is 224 cm³/mol. The van der Waals surface area contributed by atoms with E-state index in [1.165, 1.54) is 24.3 Å². The van der Waals surface area contributed by atoms with Crippen LogP contribution in [0.1, 0.15) is 19.2 Å². The fourth-order valence-corrected chi connectivity index (χ4v) is 8.08. The lowest BCUT2D eigenvalue weighted by Gasteiger charge is -2.19. The van der Waals surface area contributed by atoms with Crippen molar-refractivity contribution in [1.29, 1.82) is 0 Å². The summed E-state index contributed by atoms with van der Waals surface area (Å²) in [5.41, 5.74) is 6.43. The molecule has 1 aliphatic heterocycles. The number of aromatic nitrogens is 1. The zero-order valence-electron chi connectivity index (χ0n) is 31.8. The quantitative estimate of drug-likeness (QED) is 0.0868. The molecule has 3 aromatic heterocycles. The minimum Gasteiger partial charge on any atom is -0.744 e. The number of furan rings is 2. The number of hydrogen-bond acceptors (Lipinski definition) is 10. The molecule has 0 amide bonds. The van der Waals surface area contributed by atoms with Crippen LogP contribution in [-0.4, -0.2) is 32.7 Å². The molecule has 0 fully saturated rings. The smallest absolute Gasteiger partial charge is 0.374 e. The van der Waals surface area contributed by atoms with Crippen LogP contribution < -0.4 is 23.7 Å². The van der Waals surface area contributed by atoms with Crippen molar-refractivity contribution in [1.82, 2.24) is 0 Å². The maximum Gasteiger partial charge on any atom is 0.374 e. The minimum atomic E-state index is -4.57. The number of para-hydroxylation sites is 3. The molecule has 9 aromatic rings. The molecule has 0 saturated heterocycles. The van der Waals surface area contributed by atoms with Crippen molar-refractivity contribution in [3.63, 3.8) is 0 Å². The number of anilines is 1. The van der Waals surface area contributed by atoms with E-state index in [-0.39, 0.29) is 11.5 Å². The molecule has 0 atom stereocenters. The molecular weight excluding hydrogens is 769 g/mol. The molecule has 10 rings (SSSR count). The van der Waals surface area contributed by atoms with Gasteiger partial charge < -0.3 is 36.9 Å². The summed E-state index contributed by atoms with van der Waals surface area (Å²) in [7, 11) is -4.57. The maximum absolute atomic E-state index is 11.5. The zero-order valence-corrected chi connectivity index (χ0v) is 32.6. The fraction of sp³-hybridized carbons (Fsp3) is 0.128. The number of fused-ring (bicyclic) bond motifs is 8. The Hall–Kier alpha value is -7.02. The average molecular weight is 805 g/mol. The molecule has 294 valence electrons. The van der Waals surface area contributed by atoms with Crippen LogP contribution in [-0.2, 0) is 16.7 Å². The monoisotopic (exact) mass is 804 g/mol. The standard InChI is InChI=1S/C47H36N2O9S/c1-2-30(24-46-48(20-22-53-31-10-4-3-5-11-31)38-26-36-34-12-6-8-14-40(34)55-42(36)28-44(38)57-46)25-47-49(21-23-54-32-16-18-33(19-17-32)59(50,51)52)39-27-37-35-13-7-9-15-41(35)56-43(37)29-45(39)58-47/h3-19,24-29H,2,20-23H2,1H3. The fourth-order valence-electron chi connectivity index (χ4n) is 7.61. The van der Waals surface area contributed by atoms with Crippen LogP contribution in [0, 0.1) is 0 Å². The van der Waals surface area contributed by atoms with Gasteiger partial charge in [0, 0.05) is 45.8 Å². The second kappa shape index (κ2) is 14.7. The van der Waals surface area contributed by atoms with Gasteiger partial charge in [-0.15, -0.1) is 0 Å². The minimum absolute atomic E-state index is 0.222. The Kier molecular flexibility index (Phi) is 9.07. The predicted octanol–water partition coefficient (Wildman–Crippen LogP) is 10.1. The van der Waals surface area contributed by atoms with E-state index in [4.69, 9.17) is 27.5 Å². The molecule has 0 spiro atoms. The Bertz CT molecular complexity index is 3220. The van der Waals surface area contributed by atoms with Gasteiger partial charge in [-0.05, 0) is 66.6 Å². The third-order valence-electron chi connectivity index (χ3n) is 10.5. The van der Waals surface area contributed by atoms with Crippen molar-refractivity contribution in [2.45, 2.75) is 24.8 Å². The van der Waals surface area contributed by atoms with E-state index >= 15 is 0 Å². The second-order valence-corrected chi connectivity index (χ2v) is 15.5. The van der Waals surface area contributed by atoms with E-state index in [1.54, 1.807) is 0 Å². The van der Waals surface area contributed by atoms with E-state index < -0.39 is 10.1 Å². The van der Waals surface area contributed by atoms with E-state index in [2.05, 4.69) is 34.6 Å². The number of rotatable bonds is 12. The molecule has 6 aromatic carbocycles. The summed E-state index contributed by atoms with van der Waals surface area (Å²) >= 11 is 0. The number of oxazole rings is 1.